The Morgan fingerprint density at radius 3 is 2.70 bits per heavy atom. The van der Waals surface area contributed by atoms with Crippen LogP contribution >= 0.6 is 0 Å². The van der Waals surface area contributed by atoms with Crippen molar-refractivity contribution in [2.24, 2.45) is 0 Å². The van der Waals surface area contributed by atoms with Gasteiger partial charge in [-0.1, -0.05) is 24.3 Å². The first-order valence-electron chi connectivity index (χ1n) is 9.95. The number of aryl methyl sites for hydroxylation is 1. The molecule has 1 unspecified atom stereocenters. The quantitative estimate of drug-likeness (QED) is 0.537. The fourth-order valence-corrected chi connectivity index (χ4v) is 2.98. The van der Waals surface area contributed by atoms with Crippen molar-refractivity contribution in [1.29, 1.82) is 0 Å². The van der Waals surface area contributed by atoms with Crippen LogP contribution in [0.25, 0.3) is 6.08 Å². The molecule has 0 spiro atoms. The highest BCUT2D eigenvalue weighted by Gasteiger charge is 2.10. The molecule has 0 aliphatic heterocycles. The predicted molar refractivity (Wildman–Crippen MR) is 117 cm³/mol. The number of rotatable bonds is 9. The van der Waals surface area contributed by atoms with Crippen LogP contribution in [0.4, 0.5) is 0 Å². The first-order valence-corrected chi connectivity index (χ1v) is 9.95. The predicted octanol–water partition coefficient (Wildman–Crippen LogP) is 4.38. The van der Waals surface area contributed by atoms with Crippen molar-refractivity contribution in [2.75, 3.05) is 7.11 Å². The van der Waals surface area contributed by atoms with Gasteiger partial charge in [-0.2, -0.15) is 5.10 Å². The molecule has 0 fully saturated rings. The van der Waals surface area contributed by atoms with Crippen molar-refractivity contribution in [3.8, 4) is 11.5 Å². The Morgan fingerprint density at radius 1 is 1.20 bits per heavy atom. The maximum absolute atomic E-state index is 12.3. The smallest absolute Gasteiger partial charge is 0.244 e. The van der Waals surface area contributed by atoms with E-state index < -0.39 is 0 Å². The molecule has 0 bridgehead atoms. The average Bonchev–Trinajstić information content (AvgIpc) is 3.26. The third-order valence-electron chi connectivity index (χ3n) is 4.66. The van der Waals surface area contributed by atoms with E-state index in [1.54, 1.807) is 13.2 Å². The standard InChI is InChI=1S/C24H27N3O3/c1-4-27-15-14-22(26-27)18(2)25-24(28)13-11-19-10-12-23(29-3)20(16-19)17-30-21-8-6-5-7-9-21/h5-16,18H,4,17H2,1-3H3,(H,25,28)/b13-11+. The number of carbonyl (C=O) groups is 1. The molecule has 0 saturated carbocycles. The molecule has 6 nitrogen and oxygen atoms in total. The third kappa shape index (κ3) is 5.73. The molecule has 0 aliphatic rings. The van der Waals surface area contributed by atoms with Crippen LogP contribution in [0.15, 0.2) is 66.9 Å². The van der Waals surface area contributed by atoms with E-state index in [0.717, 1.165) is 34.9 Å². The topological polar surface area (TPSA) is 65.4 Å². The van der Waals surface area contributed by atoms with E-state index in [1.165, 1.54) is 6.08 Å². The van der Waals surface area contributed by atoms with Crippen LogP contribution in [0, 0.1) is 0 Å². The van der Waals surface area contributed by atoms with Gasteiger partial charge in [0.25, 0.3) is 0 Å². The molecule has 2 aromatic carbocycles. The maximum Gasteiger partial charge on any atom is 0.244 e. The molecule has 3 aromatic rings. The highest BCUT2D eigenvalue weighted by Crippen LogP contribution is 2.23. The van der Waals surface area contributed by atoms with E-state index in [1.807, 2.05) is 79.3 Å². The van der Waals surface area contributed by atoms with E-state index in [0.29, 0.717) is 6.61 Å². The molecular formula is C24H27N3O3. The molecule has 3 rings (SSSR count). The lowest BCUT2D eigenvalue weighted by Crippen LogP contribution is -2.25. The molecule has 6 heteroatoms. The molecule has 1 N–H and O–H groups in total. The largest absolute Gasteiger partial charge is 0.496 e. The number of nitrogens with zero attached hydrogens (tertiary/aromatic N) is 2. The Hall–Kier alpha value is -3.54. The summed E-state index contributed by atoms with van der Waals surface area (Å²) in [7, 11) is 1.63. The van der Waals surface area contributed by atoms with Gasteiger partial charge in [-0.25, -0.2) is 0 Å². The number of benzene rings is 2. The highest BCUT2D eigenvalue weighted by atomic mass is 16.5. The van der Waals surface area contributed by atoms with Gasteiger partial charge >= 0.3 is 0 Å². The van der Waals surface area contributed by atoms with Crippen molar-refractivity contribution in [3.63, 3.8) is 0 Å². The van der Waals surface area contributed by atoms with E-state index in [2.05, 4.69) is 10.4 Å². The number of carbonyl (C=O) groups excluding carboxylic acids is 1. The van der Waals surface area contributed by atoms with Gasteiger partial charge in [-0.05, 0) is 55.8 Å². The number of aromatic nitrogens is 2. The molecule has 1 amide bonds. The minimum Gasteiger partial charge on any atom is -0.496 e. The lowest BCUT2D eigenvalue weighted by atomic mass is 10.1. The molecule has 30 heavy (non-hydrogen) atoms. The van der Waals surface area contributed by atoms with Gasteiger partial charge in [-0.15, -0.1) is 0 Å². The zero-order chi connectivity index (χ0) is 21.3. The summed E-state index contributed by atoms with van der Waals surface area (Å²) in [5, 5.41) is 7.36. The SMILES string of the molecule is CCn1ccc(C(C)NC(=O)/C=C/c2ccc(OC)c(COc3ccccc3)c2)n1. The van der Waals surface area contributed by atoms with Gasteiger partial charge < -0.3 is 14.8 Å². The first-order chi connectivity index (χ1) is 14.6. The van der Waals surface area contributed by atoms with Crippen molar-refractivity contribution in [3.05, 3.63) is 83.7 Å². The summed E-state index contributed by atoms with van der Waals surface area (Å²) in [6.07, 6.45) is 5.21. The third-order valence-corrected chi connectivity index (χ3v) is 4.66. The average molecular weight is 405 g/mol. The minimum absolute atomic E-state index is 0.166. The van der Waals surface area contributed by atoms with Crippen molar-refractivity contribution in [1.82, 2.24) is 15.1 Å². The summed E-state index contributed by atoms with van der Waals surface area (Å²) in [6.45, 7) is 5.11. The molecule has 0 radical (unpaired) electrons. The maximum atomic E-state index is 12.3. The minimum atomic E-state index is -0.175. The van der Waals surface area contributed by atoms with Gasteiger partial charge in [0, 0.05) is 24.4 Å². The van der Waals surface area contributed by atoms with Crippen LogP contribution in [-0.4, -0.2) is 22.8 Å². The van der Waals surface area contributed by atoms with Crippen molar-refractivity contribution >= 4 is 12.0 Å². The van der Waals surface area contributed by atoms with Gasteiger partial charge in [0.1, 0.15) is 18.1 Å². The van der Waals surface area contributed by atoms with Gasteiger partial charge in [0.2, 0.25) is 5.91 Å². The van der Waals surface area contributed by atoms with Crippen molar-refractivity contribution < 1.29 is 14.3 Å². The van der Waals surface area contributed by atoms with E-state index in [-0.39, 0.29) is 11.9 Å². The van der Waals surface area contributed by atoms with Crippen LogP contribution < -0.4 is 14.8 Å². The fourth-order valence-electron chi connectivity index (χ4n) is 2.98. The Kier molecular flexibility index (Phi) is 7.27. The summed E-state index contributed by atoms with van der Waals surface area (Å²) < 4.78 is 13.1. The first kappa shape index (κ1) is 21.2. The number of para-hydroxylation sites is 1. The van der Waals surface area contributed by atoms with E-state index >= 15 is 0 Å². The fraction of sp³-hybridized carbons (Fsp3) is 0.250. The second-order valence-electron chi connectivity index (χ2n) is 6.83. The van der Waals surface area contributed by atoms with Gasteiger partial charge in [0.15, 0.2) is 0 Å². The van der Waals surface area contributed by atoms with Crippen LogP contribution in [-0.2, 0) is 17.9 Å². The summed E-state index contributed by atoms with van der Waals surface area (Å²) in [6, 6.07) is 17.1. The molecule has 1 atom stereocenters. The molecular weight excluding hydrogens is 378 g/mol. The summed E-state index contributed by atoms with van der Waals surface area (Å²) in [5.74, 6) is 1.36. The Bertz CT molecular complexity index is 996. The molecule has 0 saturated heterocycles. The van der Waals surface area contributed by atoms with E-state index in [4.69, 9.17) is 9.47 Å². The Balaban J connectivity index is 1.63. The zero-order valence-corrected chi connectivity index (χ0v) is 17.5. The lowest BCUT2D eigenvalue weighted by Gasteiger charge is -2.11. The number of nitrogens with one attached hydrogen (secondary N) is 1. The number of amides is 1. The van der Waals surface area contributed by atoms with Gasteiger partial charge in [0.05, 0.1) is 18.8 Å². The van der Waals surface area contributed by atoms with Gasteiger partial charge in [-0.3, -0.25) is 9.48 Å². The Labute approximate surface area is 177 Å². The molecule has 1 aromatic heterocycles. The number of methoxy groups -OCH3 is 1. The summed E-state index contributed by atoms with van der Waals surface area (Å²) in [4.78, 5) is 12.3. The summed E-state index contributed by atoms with van der Waals surface area (Å²) >= 11 is 0. The van der Waals surface area contributed by atoms with Crippen LogP contribution in [0.3, 0.4) is 0 Å². The number of ether oxygens (including phenoxy) is 2. The van der Waals surface area contributed by atoms with Crippen LogP contribution in [0.2, 0.25) is 0 Å². The monoisotopic (exact) mass is 405 g/mol. The highest BCUT2D eigenvalue weighted by molar-refractivity contribution is 5.92. The van der Waals surface area contributed by atoms with Crippen LogP contribution in [0.5, 0.6) is 11.5 Å². The van der Waals surface area contributed by atoms with Crippen LogP contribution in [0.1, 0.15) is 36.7 Å². The summed E-state index contributed by atoms with van der Waals surface area (Å²) in [5.41, 5.74) is 2.63. The molecule has 156 valence electrons. The second kappa shape index (κ2) is 10.3. The lowest BCUT2D eigenvalue weighted by molar-refractivity contribution is -0.117. The Morgan fingerprint density at radius 2 is 2.00 bits per heavy atom. The zero-order valence-electron chi connectivity index (χ0n) is 17.5. The number of hydrogen-bond donors (Lipinski definition) is 1. The van der Waals surface area contributed by atoms with Crippen molar-refractivity contribution in [2.45, 2.75) is 33.0 Å². The van der Waals surface area contributed by atoms with E-state index in [9.17, 15) is 4.79 Å². The normalized spacial score (nSPS) is 12.0. The second-order valence-corrected chi connectivity index (χ2v) is 6.83. The molecule has 1 heterocycles. The molecule has 0 aliphatic carbocycles. The number of hydrogen-bond acceptors (Lipinski definition) is 4.